The van der Waals surface area contributed by atoms with Gasteiger partial charge in [0.1, 0.15) is 6.04 Å². The number of rotatable bonds is 5. The van der Waals surface area contributed by atoms with Crippen molar-refractivity contribution >= 4 is 5.91 Å². The Labute approximate surface area is 166 Å². The number of carbonyl (C=O) groups is 1. The molecular formula is C22H30N4O2. The van der Waals surface area contributed by atoms with Crippen LogP contribution >= 0.6 is 0 Å². The highest BCUT2D eigenvalue weighted by Gasteiger charge is 2.33. The van der Waals surface area contributed by atoms with E-state index in [1.54, 1.807) is 0 Å². The Hall–Kier alpha value is -2.21. The fraction of sp³-hybridized carbons (Fsp3) is 0.591. The predicted octanol–water partition coefficient (Wildman–Crippen LogP) is 3.82. The number of nitrogens with zero attached hydrogens (tertiary/aromatic N) is 3. The zero-order chi connectivity index (χ0) is 19.3. The highest BCUT2D eigenvalue weighted by molar-refractivity contribution is 5.77. The van der Waals surface area contributed by atoms with Crippen molar-refractivity contribution in [2.45, 2.75) is 51.5 Å². The molecule has 0 spiro atoms. The van der Waals surface area contributed by atoms with E-state index in [4.69, 9.17) is 4.52 Å². The minimum Gasteiger partial charge on any atom is -0.337 e. The van der Waals surface area contributed by atoms with Crippen molar-refractivity contribution in [1.29, 1.82) is 0 Å². The van der Waals surface area contributed by atoms with Crippen LogP contribution in [0.4, 0.5) is 0 Å². The molecule has 1 aromatic carbocycles. The average Bonchev–Trinajstić information content (AvgIpc) is 3.25. The lowest BCUT2D eigenvalue weighted by atomic mass is 9.83. The largest absolute Gasteiger partial charge is 0.337 e. The van der Waals surface area contributed by atoms with Gasteiger partial charge in [-0.1, -0.05) is 42.4 Å². The zero-order valence-corrected chi connectivity index (χ0v) is 16.6. The maximum atomic E-state index is 13.1. The molecule has 28 heavy (non-hydrogen) atoms. The number of aromatic nitrogens is 2. The van der Waals surface area contributed by atoms with Gasteiger partial charge in [0.2, 0.25) is 17.6 Å². The van der Waals surface area contributed by atoms with Gasteiger partial charge in [-0.25, -0.2) is 0 Å². The van der Waals surface area contributed by atoms with E-state index in [0.29, 0.717) is 30.0 Å². The third kappa shape index (κ3) is 4.27. The van der Waals surface area contributed by atoms with Gasteiger partial charge in [0, 0.05) is 18.5 Å². The lowest BCUT2D eigenvalue weighted by Crippen LogP contribution is -2.40. The lowest BCUT2D eigenvalue weighted by molar-refractivity contribution is -0.137. The first kappa shape index (κ1) is 19.1. The Morgan fingerprint density at radius 3 is 2.79 bits per heavy atom. The summed E-state index contributed by atoms with van der Waals surface area (Å²) in [6.07, 6.45) is 5.97. The number of amides is 1. The van der Waals surface area contributed by atoms with Crippen LogP contribution in [-0.4, -0.2) is 40.6 Å². The van der Waals surface area contributed by atoms with E-state index in [9.17, 15) is 4.79 Å². The van der Waals surface area contributed by atoms with Crippen LogP contribution in [0, 0.1) is 11.8 Å². The second-order valence-electron chi connectivity index (χ2n) is 8.19. The van der Waals surface area contributed by atoms with Crippen molar-refractivity contribution < 1.29 is 9.32 Å². The number of hydrogen-bond acceptors (Lipinski definition) is 5. The van der Waals surface area contributed by atoms with E-state index in [-0.39, 0.29) is 11.9 Å². The van der Waals surface area contributed by atoms with Gasteiger partial charge in [-0.2, -0.15) is 4.98 Å². The van der Waals surface area contributed by atoms with Crippen LogP contribution in [0.3, 0.4) is 0 Å². The molecule has 4 rings (SSSR count). The quantitative estimate of drug-likeness (QED) is 0.851. The van der Waals surface area contributed by atoms with E-state index in [1.165, 1.54) is 12.8 Å². The third-order valence-electron chi connectivity index (χ3n) is 6.27. The van der Waals surface area contributed by atoms with Gasteiger partial charge in [0.15, 0.2) is 0 Å². The van der Waals surface area contributed by atoms with Crippen LogP contribution in [0.1, 0.15) is 57.4 Å². The summed E-state index contributed by atoms with van der Waals surface area (Å²) in [6.45, 7) is 5.15. The summed E-state index contributed by atoms with van der Waals surface area (Å²) >= 11 is 0. The molecule has 6 heteroatoms. The Kier molecular flexibility index (Phi) is 6.05. The van der Waals surface area contributed by atoms with Crippen LogP contribution in [0.15, 0.2) is 34.9 Å². The topological polar surface area (TPSA) is 71.3 Å². The monoisotopic (exact) mass is 382 g/mol. The molecule has 1 N–H and O–H groups in total. The molecule has 150 valence electrons. The fourth-order valence-electron chi connectivity index (χ4n) is 4.53. The maximum absolute atomic E-state index is 13.1. The van der Waals surface area contributed by atoms with Crippen LogP contribution in [0.5, 0.6) is 0 Å². The minimum absolute atomic E-state index is 0.0913. The van der Waals surface area contributed by atoms with Gasteiger partial charge in [0.25, 0.3) is 0 Å². The summed E-state index contributed by atoms with van der Waals surface area (Å²) in [5.74, 6) is 2.45. The third-order valence-corrected chi connectivity index (χ3v) is 6.27. The highest BCUT2D eigenvalue weighted by Crippen LogP contribution is 2.33. The van der Waals surface area contributed by atoms with Gasteiger partial charge >= 0.3 is 0 Å². The smallest absolute Gasteiger partial charge is 0.249 e. The van der Waals surface area contributed by atoms with Crippen LogP contribution < -0.4 is 5.32 Å². The molecule has 2 aliphatic heterocycles. The van der Waals surface area contributed by atoms with Gasteiger partial charge in [-0.05, 0) is 57.0 Å². The molecule has 0 saturated carbocycles. The van der Waals surface area contributed by atoms with E-state index in [0.717, 1.165) is 44.5 Å². The van der Waals surface area contributed by atoms with Gasteiger partial charge in [0.05, 0.1) is 0 Å². The van der Waals surface area contributed by atoms with E-state index in [1.807, 2.05) is 35.2 Å². The SMILES string of the molecule is CC(CC(=O)N1CCCCC1c1nc(-c2ccccc2)no1)C1CCNCC1. The first-order chi connectivity index (χ1) is 13.7. The minimum atomic E-state index is -0.0913. The molecule has 0 bridgehead atoms. The number of likely N-dealkylation sites (tertiary alicyclic amines) is 1. The van der Waals surface area contributed by atoms with Crippen molar-refractivity contribution in [3.8, 4) is 11.4 Å². The van der Waals surface area contributed by atoms with Gasteiger partial charge in [-0.3, -0.25) is 4.79 Å². The predicted molar refractivity (Wildman–Crippen MR) is 107 cm³/mol. The summed E-state index contributed by atoms with van der Waals surface area (Å²) in [7, 11) is 0. The molecule has 2 aliphatic rings. The average molecular weight is 383 g/mol. The van der Waals surface area contributed by atoms with Crippen molar-refractivity contribution in [3.05, 3.63) is 36.2 Å². The lowest BCUT2D eigenvalue weighted by Gasteiger charge is -2.35. The number of piperidine rings is 2. The summed E-state index contributed by atoms with van der Waals surface area (Å²) in [5.41, 5.74) is 0.936. The molecule has 0 aliphatic carbocycles. The van der Waals surface area contributed by atoms with Crippen molar-refractivity contribution in [2.75, 3.05) is 19.6 Å². The van der Waals surface area contributed by atoms with Crippen molar-refractivity contribution in [2.24, 2.45) is 11.8 Å². The zero-order valence-electron chi connectivity index (χ0n) is 16.6. The summed E-state index contributed by atoms with van der Waals surface area (Å²) in [4.78, 5) is 19.7. The first-order valence-corrected chi connectivity index (χ1v) is 10.6. The maximum Gasteiger partial charge on any atom is 0.249 e. The van der Waals surface area contributed by atoms with Gasteiger partial charge < -0.3 is 14.7 Å². The second kappa shape index (κ2) is 8.86. The fourth-order valence-corrected chi connectivity index (χ4v) is 4.53. The molecule has 2 atom stereocenters. The van der Waals surface area contributed by atoms with E-state index in [2.05, 4.69) is 22.4 Å². The molecule has 0 radical (unpaired) electrons. The van der Waals surface area contributed by atoms with E-state index >= 15 is 0 Å². The molecule has 1 aromatic heterocycles. The van der Waals surface area contributed by atoms with E-state index < -0.39 is 0 Å². The summed E-state index contributed by atoms with van der Waals surface area (Å²) < 4.78 is 5.60. The van der Waals surface area contributed by atoms with Gasteiger partial charge in [-0.15, -0.1) is 0 Å². The van der Waals surface area contributed by atoms with Crippen molar-refractivity contribution in [3.63, 3.8) is 0 Å². The molecule has 2 fully saturated rings. The number of nitrogens with one attached hydrogen (secondary N) is 1. The molecule has 2 saturated heterocycles. The highest BCUT2D eigenvalue weighted by atomic mass is 16.5. The molecule has 1 amide bonds. The molecule has 2 aromatic rings. The summed E-state index contributed by atoms with van der Waals surface area (Å²) in [6, 6.07) is 9.74. The summed E-state index contributed by atoms with van der Waals surface area (Å²) in [5, 5.41) is 7.57. The number of carbonyl (C=O) groups excluding carboxylic acids is 1. The Bertz CT molecular complexity index is 770. The molecular weight excluding hydrogens is 352 g/mol. The Morgan fingerprint density at radius 2 is 2.00 bits per heavy atom. The molecule has 6 nitrogen and oxygen atoms in total. The number of hydrogen-bond donors (Lipinski definition) is 1. The van der Waals surface area contributed by atoms with Crippen LogP contribution in [-0.2, 0) is 4.79 Å². The Balaban J connectivity index is 1.45. The normalized spacial score (nSPS) is 22.2. The Morgan fingerprint density at radius 1 is 1.21 bits per heavy atom. The molecule has 3 heterocycles. The first-order valence-electron chi connectivity index (χ1n) is 10.6. The molecule has 2 unspecified atom stereocenters. The van der Waals surface area contributed by atoms with Crippen LogP contribution in [0.25, 0.3) is 11.4 Å². The number of benzene rings is 1. The standard InChI is InChI=1S/C22H30N4O2/c1-16(17-10-12-23-13-11-17)15-20(27)26-14-6-5-9-19(26)22-24-21(25-28-22)18-7-3-2-4-8-18/h2-4,7-8,16-17,19,23H,5-6,9-15H2,1H3. The van der Waals surface area contributed by atoms with Crippen molar-refractivity contribution in [1.82, 2.24) is 20.4 Å². The second-order valence-corrected chi connectivity index (χ2v) is 8.19. The van der Waals surface area contributed by atoms with Crippen LogP contribution in [0.2, 0.25) is 0 Å².